The van der Waals surface area contributed by atoms with Crippen LogP contribution in [0.25, 0.3) is 0 Å². The molecule has 12 heavy (non-hydrogen) atoms. The van der Waals surface area contributed by atoms with Gasteiger partial charge in [0.05, 0.1) is 0 Å². The van der Waals surface area contributed by atoms with Gasteiger partial charge in [-0.1, -0.05) is 6.92 Å². The fraction of sp³-hybridized carbons (Fsp3) is 0.300. The molecule has 0 saturated heterocycles. The number of ketones is 1. The maximum atomic E-state index is 12.8. The summed E-state index contributed by atoms with van der Waals surface area (Å²) in [5, 5.41) is 0. The van der Waals surface area contributed by atoms with Gasteiger partial charge < -0.3 is 0 Å². The first-order valence-electron chi connectivity index (χ1n) is 4.01. The highest BCUT2D eigenvalue weighted by atomic mass is 19.1. The van der Waals surface area contributed by atoms with Crippen molar-refractivity contribution >= 4 is 5.78 Å². The van der Waals surface area contributed by atoms with E-state index in [0.717, 1.165) is 5.56 Å². The molecule has 1 aliphatic carbocycles. The highest BCUT2D eigenvalue weighted by Gasteiger charge is 2.25. The first-order chi connectivity index (χ1) is 5.68. The van der Waals surface area contributed by atoms with E-state index in [4.69, 9.17) is 0 Å². The van der Waals surface area contributed by atoms with Crippen LogP contribution in [0.15, 0.2) is 18.2 Å². The van der Waals surface area contributed by atoms with E-state index >= 15 is 0 Å². The molecule has 0 N–H and O–H groups in total. The predicted molar refractivity (Wildman–Crippen MR) is 43.8 cm³/mol. The lowest BCUT2D eigenvalue weighted by molar-refractivity contribution is 0.0990. The molecule has 0 bridgehead atoms. The Balaban J connectivity index is 2.60. The molecule has 1 aromatic rings. The maximum Gasteiger partial charge on any atom is 0.163 e. The van der Waals surface area contributed by atoms with E-state index in [1.807, 2.05) is 6.92 Å². The van der Waals surface area contributed by atoms with E-state index in [1.165, 1.54) is 12.1 Å². The second-order valence-corrected chi connectivity index (χ2v) is 3.26. The summed E-state index contributed by atoms with van der Waals surface area (Å²) in [6.45, 7) is 1.95. The zero-order chi connectivity index (χ0) is 8.72. The summed E-state index contributed by atoms with van der Waals surface area (Å²) in [7, 11) is 0. The molecule has 1 atom stereocenters. The number of fused-ring (bicyclic) bond motifs is 1. The SMILES string of the molecule is C[C@H]1CC(=O)c2ccc(F)cc21. The van der Waals surface area contributed by atoms with Crippen LogP contribution in [0.4, 0.5) is 4.39 Å². The van der Waals surface area contributed by atoms with Crippen molar-refractivity contribution < 1.29 is 9.18 Å². The largest absolute Gasteiger partial charge is 0.294 e. The molecular weight excluding hydrogens is 155 g/mol. The third-order valence-corrected chi connectivity index (χ3v) is 2.34. The van der Waals surface area contributed by atoms with Crippen LogP contribution >= 0.6 is 0 Å². The van der Waals surface area contributed by atoms with Gasteiger partial charge in [0.15, 0.2) is 5.78 Å². The Hall–Kier alpha value is -1.18. The molecule has 2 rings (SSSR count). The van der Waals surface area contributed by atoms with Crippen molar-refractivity contribution in [2.45, 2.75) is 19.3 Å². The molecule has 0 spiro atoms. The maximum absolute atomic E-state index is 12.8. The van der Waals surface area contributed by atoms with E-state index in [1.54, 1.807) is 6.07 Å². The number of rotatable bonds is 0. The Morgan fingerprint density at radius 1 is 1.50 bits per heavy atom. The highest BCUT2D eigenvalue weighted by Crippen LogP contribution is 2.32. The van der Waals surface area contributed by atoms with Crippen molar-refractivity contribution in [1.29, 1.82) is 0 Å². The first kappa shape index (κ1) is 7.47. The second-order valence-electron chi connectivity index (χ2n) is 3.26. The van der Waals surface area contributed by atoms with Gasteiger partial charge in [0.1, 0.15) is 5.82 Å². The molecule has 0 fully saturated rings. The van der Waals surface area contributed by atoms with E-state index < -0.39 is 0 Å². The third kappa shape index (κ3) is 0.951. The minimum Gasteiger partial charge on any atom is -0.294 e. The lowest BCUT2D eigenvalue weighted by Gasteiger charge is -2.01. The standard InChI is InChI=1S/C10H9FO/c1-6-4-10(12)8-3-2-7(11)5-9(6)8/h2-3,5-6H,4H2,1H3/t6-/m0/s1. The monoisotopic (exact) mass is 164 g/mol. The molecule has 0 heterocycles. The van der Waals surface area contributed by atoms with Crippen molar-refractivity contribution in [2.75, 3.05) is 0 Å². The summed E-state index contributed by atoms with van der Waals surface area (Å²) in [5.41, 5.74) is 1.56. The van der Waals surface area contributed by atoms with Gasteiger partial charge in [0.2, 0.25) is 0 Å². The van der Waals surface area contributed by atoms with Crippen LogP contribution in [-0.2, 0) is 0 Å². The quantitative estimate of drug-likeness (QED) is 0.575. The smallest absolute Gasteiger partial charge is 0.163 e. The second kappa shape index (κ2) is 2.41. The Kier molecular flexibility index (Phi) is 1.50. The third-order valence-electron chi connectivity index (χ3n) is 2.34. The van der Waals surface area contributed by atoms with Crippen LogP contribution in [0.5, 0.6) is 0 Å². The molecule has 0 aliphatic heterocycles. The molecule has 0 unspecified atom stereocenters. The fourth-order valence-corrected chi connectivity index (χ4v) is 1.69. The number of benzene rings is 1. The van der Waals surface area contributed by atoms with Crippen molar-refractivity contribution in [3.8, 4) is 0 Å². The lowest BCUT2D eigenvalue weighted by atomic mass is 10.0. The topological polar surface area (TPSA) is 17.1 Å². The number of hydrogen-bond acceptors (Lipinski definition) is 1. The average molecular weight is 164 g/mol. The number of carbonyl (C=O) groups excluding carboxylic acids is 1. The van der Waals surface area contributed by atoms with Crippen molar-refractivity contribution in [3.63, 3.8) is 0 Å². The molecule has 2 heteroatoms. The van der Waals surface area contributed by atoms with Gasteiger partial charge >= 0.3 is 0 Å². The van der Waals surface area contributed by atoms with Crippen LogP contribution in [0, 0.1) is 5.82 Å². The zero-order valence-electron chi connectivity index (χ0n) is 6.80. The lowest BCUT2D eigenvalue weighted by Crippen LogP contribution is -1.90. The summed E-state index contributed by atoms with van der Waals surface area (Å²) in [5.74, 6) is 0.0657. The number of halogens is 1. The Morgan fingerprint density at radius 3 is 3.00 bits per heavy atom. The van der Waals surface area contributed by atoms with Crippen LogP contribution in [-0.4, -0.2) is 5.78 Å². The van der Waals surface area contributed by atoms with Crippen LogP contribution < -0.4 is 0 Å². The predicted octanol–water partition coefficient (Wildman–Crippen LogP) is 2.52. The molecule has 0 radical (unpaired) electrons. The number of carbonyl (C=O) groups is 1. The molecule has 0 amide bonds. The van der Waals surface area contributed by atoms with E-state index in [2.05, 4.69) is 0 Å². The minimum atomic E-state index is -0.254. The van der Waals surface area contributed by atoms with Gasteiger partial charge in [0, 0.05) is 12.0 Å². The molecule has 1 aliphatic rings. The Morgan fingerprint density at radius 2 is 2.25 bits per heavy atom. The number of Topliss-reactive ketones (excluding diaryl/α,β-unsaturated/α-hetero) is 1. The normalized spacial score (nSPS) is 21.2. The van der Waals surface area contributed by atoms with E-state index in [0.29, 0.717) is 12.0 Å². The van der Waals surface area contributed by atoms with Crippen LogP contribution in [0.1, 0.15) is 35.2 Å². The van der Waals surface area contributed by atoms with Gasteiger partial charge in [-0.15, -0.1) is 0 Å². The highest BCUT2D eigenvalue weighted by molar-refractivity contribution is 6.01. The van der Waals surface area contributed by atoms with Crippen LogP contribution in [0.3, 0.4) is 0 Å². The first-order valence-corrected chi connectivity index (χ1v) is 4.01. The zero-order valence-corrected chi connectivity index (χ0v) is 6.80. The summed E-state index contributed by atoms with van der Waals surface area (Å²) in [4.78, 5) is 11.3. The van der Waals surface area contributed by atoms with Crippen molar-refractivity contribution in [3.05, 3.63) is 35.1 Å². The molecule has 62 valence electrons. The van der Waals surface area contributed by atoms with E-state index in [-0.39, 0.29) is 17.5 Å². The Labute approximate surface area is 70.2 Å². The van der Waals surface area contributed by atoms with Crippen molar-refractivity contribution in [1.82, 2.24) is 0 Å². The molecule has 0 aromatic heterocycles. The summed E-state index contributed by atoms with van der Waals surface area (Å²) < 4.78 is 12.8. The van der Waals surface area contributed by atoms with Gasteiger partial charge in [-0.25, -0.2) is 4.39 Å². The minimum absolute atomic E-state index is 0.137. The van der Waals surface area contributed by atoms with Crippen LogP contribution in [0.2, 0.25) is 0 Å². The summed E-state index contributed by atoms with van der Waals surface area (Å²) in [6, 6.07) is 4.39. The number of hydrogen-bond donors (Lipinski definition) is 0. The van der Waals surface area contributed by atoms with Gasteiger partial charge in [-0.3, -0.25) is 4.79 Å². The molecular formula is C10H9FO. The molecule has 1 nitrogen and oxygen atoms in total. The van der Waals surface area contributed by atoms with Gasteiger partial charge in [-0.2, -0.15) is 0 Å². The van der Waals surface area contributed by atoms with Gasteiger partial charge in [0.25, 0.3) is 0 Å². The molecule has 1 aromatic carbocycles. The summed E-state index contributed by atoms with van der Waals surface area (Å²) >= 11 is 0. The fourth-order valence-electron chi connectivity index (χ4n) is 1.69. The van der Waals surface area contributed by atoms with E-state index in [9.17, 15) is 9.18 Å². The summed E-state index contributed by atoms with van der Waals surface area (Å²) in [6.07, 6.45) is 0.527. The van der Waals surface area contributed by atoms with Gasteiger partial charge in [-0.05, 0) is 29.7 Å². The average Bonchev–Trinajstić information content (AvgIpc) is 2.28. The van der Waals surface area contributed by atoms with Crippen molar-refractivity contribution in [2.24, 2.45) is 0 Å². The Bertz CT molecular complexity index is 344. The molecule has 0 saturated carbocycles.